The van der Waals surface area contributed by atoms with Crippen LogP contribution in [0.1, 0.15) is 16.8 Å². The van der Waals surface area contributed by atoms with Crippen LogP contribution in [0.3, 0.4) is 0 Å². The van der Waals surface area contributed by atoms with Crippen LogP contribution in [0.4, 0.5) is 11.5 Å². The van der Waals surface area contributed by atoms with Crippen molar-refractivity contribution in [2.75, 3.05) is 43.2 Å². The van der Waals surface area contributed by atoms with Gasteiger partial charge in [0.2, 0.25) is 5.88 Å². The molecule has 4 rings (SSSR count). The number of hydrogen-bond acceptors (Lipinski definition) is 8. The van der Waals surface area contributed by atoms with Crippen molar-refractivity contribution in [2.45, 2.75) is 13.3 Å². The Morgan fingerprint density at radius 2 is 2.10 bits per heavy atom. The standard InChI is InChI=1S/C23H26N6O2/c1-18-3-2-4-19(13-18)16-26-28-22-14-21(29-8-11-30-12-9-29)15-23(27-22)31-10-5-20-17-24-6-7-25-20/h2-4,6-7,13-17H,5,8-12H2,1H3,(H,27,28). The molecular formula is C23H26N6O2. The highest BCUT2D eigenvalue weighted by atomic mass is 16.5. The van der Waals surface area contributed by atoms with Gasteiger partial charge in [0.05, 0.1) is 31.7 Å². The lowest BCUT2D eigenvalue weighted by Crippen LogP contribution is -2.36. The van der Waals surface area contributed by atoms with Gasteiger partial charge in [-0.15, -0.1) is 0 Å². The predicted molar refractivity (Wildman–Crippen MR) is 121 cm³/mol. The van der Waals surface area contributed by atoms with E-state index >= 15 is 0 Å². The third kappa shape index (κ3) is 6.23. The van der Waals surface area contributed by atoms with Gasteiger partial charge in [-0.1, -0.05) is 29.8 Å². The zero-order valence-corrected chi connectivity index (χ0v) is 17.6. The average molecular weight is 419 g/mol. The lowest BCUT2D eigenvalue weighted by Gasteiger charge is -2.29. The second-order valence-electron chi connectivity index (χ2n) is 7.23. The molecule has 0 saturated carbocycles. The molecule has 3 aromatic rings. The Kier molecular flexibility index (Phi) is 7.02. The van der Waals surface area contributed by atoms with E-state index in [1.165, 1.54) is 5.56 Å². The first-order valence-electron chi connectivity index (χ1n) is 10.3. The van der Waals surface area contributed by atoms with Crippen molar-refractivity contribution >= 4 is 17.7 Å². The molecule has 1 saturated heterocycles. The number of hydrazone groups is 1. The molecule has 8 heteroatoms. The molecular weight excluding hydrogens is 392 g/mol. The van der Waals surface area contributed by atoms with Gasteiger partial charge in [-0.25, -0.2) is 0 Å². The predicted octanol–water partition coefficient (Wildman–Crippen LogP) is 3.08. The summed E-state index contributed by atoms with van der Waals surface area (Å²) in [5.74, 6) is 1.17. The van der Waals surface area contributed by atoms with E-state index in [2.05, 4.69) is 49.4 Å². The minimum atomic E-state index is 0.463. The number of ether oxygens (including phenoxy) is 2. The molecule has 8 nitrogen and oxygen atoms in total. The fourth-order valence-electron chi connectivity index (χ4n) is 3.27. The van der Waals surface area contributed by atoms with Gasteiger partial charge in [-0.05, 0) is 12.5 Å². The normalized spacial score (nSPS) is 14.0. The first kappa shape index (κ1) is 20.7. The summed E-state index contributed by atoms with van der Waals surface area (Å²) in [6.07, 6.45) is 7.53. The van der Waals surface area contributed by atoms with Crippen LogP contribution < -0.4 is 15.1 Å². The van der Waals surface area contributed by atoms with Crippen LogP contribution in [0.2, 0.25) is 0 Å². The molecule has 0 radical (unpaired) electrons. The van der Waals surface area contributed by atoms with E-state index < -0.39 is 0 Å². The molecule has 0 unspecified atom stereocenters. The van der Waals surface area contributed by atoms with Gasteiger partial charge in [0.15, 0.2) is 5.82 Å². The molecule has 3 heterocycles. The Morgan fingerprint density at radius 1 is 1.19 bits per heavy atom. The smallest absolute Gasteiger partial charge is 0.217 e. The Bertz CT molecular complexity index is 1010. The van der Waals surface area contributed by atoms with Gasteiger partial charge >= 0.3 is 0 Å². The average Bonchev–Trinajstić information content (AvgIpc) is 2.80. The summed E-state index contributed by atoms with van der Waals surface area (Å²) >= 11 is 0. The first-order valence-corrected chi connectivity index (χ1v) is 10.3. The highest BCUT2D eigenvalue weighted by Crippen LogP contribution is 2.25. The maximum absolute atomic E-state index is 5.93. The molecule has 160 valence electrons. The summed E-state index contributed by atoms with van der Waals surface area (Å²) in [5.41, 5.74) is 7.17. The quantitative estimate of drug-likeness (QED) is 0.444. The van der Waals surface area contributed by atoms with Crippen LogP contribution in [0, 0.1) is 6.92 Å². The van der Waals surface area contributed by atoms with Crippen LogP contribution in [0.15, 0.2) is 60.1 Å². The molecule has 2 aromatic heterocycles. The maximum Gasteiger partial charge on any atom is 0.217 e. The minimum absolute atomic E-state index is 0.463. The Hall–Kier alpha value is -3.52. The Balaban J connectivity index is 1.46. The van der Waals surface area contributed by atoms with Crippen LogP contribution in [-0.4, -0.2) is 54.1 Å². The fraction of sp³-hybridized carbons (Fsp3) is 0.304. The number of rotatable bonds is 8. The van der Waals surface area contributed by atoms with E-state index in [1.54, 1.807) is 24.8 Å². The van der Waals surface area contributed by atoms with Crippen LogP contribution in [0.5, 0.6) is 5.88 Å². The summed E-state index contributed by atoms with van der Waals surface area (Å²) in [5, 5.41) is 4.35. The van der Waals surface area contributed by atoms with E-state index in [1.807, 2.05) is 24.3 Å². The number of benzene rings is 1. The highest BCUT2D eigenvalue weighted by molar-refractivity contribution is 5.80. The summed E-state index contributed by atoms with van der Waals surface area (Å²) in [4.78, 5) is 15.2. The SMILES string of the molecule is Cc1cccc(C=NNc2cc(N3CCOCC3)cc(OCCc3cnccn3)n2)c1. The number of pyridine rings is 1. The number of anilines is 2. The second kappa shape index (κ2) is 10.5. The van der Waals surface area contributed by atoms with Crippen molar-refractivity contribution < 1.29 is 9.47 Å². The Labute approximate surface area is 182 Å². The van der Waals surface area contributed by atoms with Crippen molar-refractivity contribution in [3.05, 3.63) is 71.8 Å². The summed E-state index contributed by atoms with van der Waals surface area (Å²) < 4.78 is 11.4. The van der Waals surface area contributed by atoms with E-state index in [9.17, 15) is 0 Å². The number of hydrogen-bond donors (Lipinski definition) is 1. The van der Waals surface area contributed by atoms with Crippen molar-refractivity contribution in [3.63, 3.8) is 0 Å². The van der Waals surface area contributed by atoms with Gasteiger partial charge in [0.1, 0.15) is 0 Å². The fourth-order valence-corrected chi connectivity index (χ4v) is 3.27. The van der Waals surface area contributed by atoms with Gasteiger partial charge < -0.3 is 14.4 Å². The van der Waals surface area contributed by atoms with E-state index in [4.69, 9.17) is 9.47 Å². The summed E-state index contributed by atoms with van der Waals surface area (Å²) in [6, 6.07) is 12.1. The molecule has 0 bridgehead atoms. The monoisotopic (exact) mass is 418 g/mol. The molecule has 31 heavy (non-hydrogen) atoms. The molecule has 1 N–H and O–H groups in total. The molecule has 1 aromatic carbocycles. The maximum atomic E-state index is 5.93. The van der Waals surface area contributed by atoms with Gasteiger partial charge in [0, 0.05) is 55.9 Å². The van der Waals surface area contributed by atoms with Crippen molar-refractivity contribution in [1.82, 2.24) is 15.0 Å². The summed E-state index contributed by atoms with van der Waals surface area (Å²) in [7, 11) is 0. The van der Waals surface area contributed by atoms with Crippen LogP contribution in [0.25, 0.3) is 0 Å². The third-order valence-corrected chi connectivity index (χ3v) is 4.82. The lowest BCUT2D eigenvalue weighted by atomic mass is 10.2. The first-order chi connectivity index (χ1) is 15.3. The number of aryl methyl sites for hydroxylation is 1. The van der Waals surface area contributed by atoms with Gasteiger partial charge in [0.25, 0.3) is 0 Å². The Morgan fingerprint density at radius 3 is 2.90 bits per heavy atom. The van der Waals surface area contributed by atoms with E-state index in [-0.39, 0.29) is 0 Å². The highest BCUT2D eigenvalue weighted by Gasteiger charge is 2.14. The minimum Gasteiger partial charge on any atom is -0.477 e. The van der Waals surface area contributed by atoms with E-state index in [0.717, 1.165) is 30.0 Å². The molecule has 1 fully saturated rings. The van der Waals surface area contributed by atoms with Crippen molar-refractivity contribution in [1.29, 1.82) is 0 Å². The topological polar surface area (TPSA) is 84.8 Å². The number of morpholine rings is 1. The molecule has 0 aliphatic carbocycles. The van der Waals surface area contributed by atoms with E-state index in [0.29, 0.717) is 37.9 Å². The lowest BCUT2D eigenvalue weighted by molar-refractivity contribution is 0.122. The van der Waals surface area contributed by atoms with Crippen molar-refractivity contribution in [2.24, 2.45) is 5.10 Å². The molecule has 0 spiro atoms. The molecule has 0 atom stereocenters. The van der Waals surface area contributed by atoms with Crippen LogP contribution >= 0.6 is 0 Å². The van der Waals surface area contributed by atoms with Gasteiger partial charge in [-0.3, -0.25) is 15.4 Å². The zero-order valence-electron chi connectivity index (χ0n) is 17.6. The number of aromatic nitrogens is 3. The number of nitrogens with one attached hydrogen (secondary N) is 1. The second-order valence-corrected chi connectivity index (χ2v) is 7.23. The zero-order chi connectivity index (χ0) is 21.3. The van der Waals surface area contributed by atoms with Gasteiger partial charge in [-0.2, -0.15) is 10.1 Å². The molecule has 1 aliphatic heterocycles. The summed E-state index contributed by atoms with van der Waals surface area (Å²) in [6.45, 7) is 5.59. The molecule has 1 aliphatic rings. The van der Waals surface area contributed by atoms with Crippen LogP contribution in [-0.2, 0) is 11.2 Å². The number of nitrogens with zero attached hydrogens (tertiary/aromatic N) is 5. The van der Waals surface area contributed by atoms with Crippen molar-refractivity contribution in [3.8, 4) is 5.88 Å². The molecule has 0 amide bonds. The third-order valence-electron chi connectivity index (χ3n) is 4.82. The largest absolute Gasteiger partial charge is 0.477 e.